The Morgan fingerprint density at radius 2 is 1.79 bits per heavy atom. The summed E-state index contributed by atoms with van der Waals surface area (Å²) in [6.45, 7) is 8.43. The van der Waals surface area contributed by atoms with Crippen LogP contribution in [-0.4, -0.2) is 71.2 Å². The maximum atomic E-state index is 13.3. The van der Waals surface area contributed by atoms with E-state index in [9.17, 15) is 20.0 Å². The number of hydrogen-bond acceptors (Lipinski definition) is 6. The van der Waals surface area contributed by atoms with E-state index in [0.29, 0.717) is 53.8 Å². The predicted molar refractivity (Wildman–Crippen MR) is 151 cm³/mol. The largest absolute Gasteiger partial charge is 0.480 e. The molecule has 4 N–H and O–H groups in total. The number of carbonyl (C=O) groups is 2. The topological polar surface area (TPSA) is 123 Å². The van der Waals surface area contributed by atoms with Crippen LogP contribution >= 0.6 is 23.2 Å². The standard InChI is InChI=1S/C29H35Cl2N5O3/c1-28(2,3)16-22-29(17-32,19-7-9-20(30)10-8-19)23(18-5-4-6-21(31)15-18)24(27(38)39)36(22)26(25(33)37)35-13-11-34-12-14-35/h4-10,15,22-24,26,34H,11-14,16H2,1-3H3,(H2,33,37)(H,38,39)/t22-,23-,24+,26?,29-/m0/s1. The molecule has 1 amide bonds. The first kappa shape index (κ1) is 29.3. The van der Waals surface area contributed by atoms with Crippen LogP contribution in [0.25, 0.3) is 0 Å². The Kier molecular flexibility index (Phi) is 8.60. The molecule has 10 heteroatoms. The highest BCUT2D eigenvalue weighted by atomic mass is 35.5. The van der Waals surface area contributed by atoms with Crippen LogP contribution in [0.2, 0.25) is 10.0 Å². The third-order valence-corrected chi connectivity index (χ3v) is 8.31. The molecule has 2 aliphatic heterocycles. The van der Waals surface area contributed by atoms with E-state index in [0.717, 1.165) is 0 Å². The first-order chi connectivity index (χ1) is 18.4. The Morgan fingerprint density at radius 3 is 2.31 bits per heavy atom. The van der Waals surface area contributed by atoms with E-state index in [1.54, 1.807) is 53.4 Å². The number of nitrogens with one attached hydrogen (secondary N) is 1. The SMILES string of the molecule is CC(C)(C)C[C@@H]1N(C(C(N)=O)N2CCNCC2)[C@@H](C(=O)O)[C@H](c2cccc(Cl)c2)[C@@]1(C#N)c1ccc(Cl)cc1. The molecule has 2 aliphatic rings. The number of likely N-dealkylation sites (tertiary alicyclic amines) is 1. The molecule has 0 spiro atoms. The number of amides is 1. The van der Waals surface area contributed by atoms with Crippen molar-refractivity contribution >= 4 is 35.1 Å². The van der Waals surface area contributed by atoms with Crippen molar-refractivity contribution in [3.63, 3.8) is 0 Å². The van der Waals surface area contributed by atoms with E-state index >= 15 is 0 Å². The molecule has 2 aromatic rings. The average molecular weight is 573 g/mol. The number of hydrogen-bond donors (Lipinski definition) is 3. The summed E-state index contributed by atoms with van der Waals surface area (Å²) in [5.74, 6) is -2.64. The van der Waals surface area contributed by atoms with E-state index in [-0.39, 0.29) is 5.41 Å². The number of halogens is 2. The molecule has 8 nitrogen and oxygen atoms in total. The van der Waals surface area contributed by atoms with Crippen LogP contribution in [0, 0.1) is 16.7 Å². The number of primary amides is 1. The van der Waals surface area contributed by atoms with E-state index in [1.807, 2.05) is 25.7 Å². The second-order valence-corrected chi connectivity index (χ2v) is 12.5. The van der Waals surface area contributed by atoms with Gasteiger partial charge < -0.3 is 16.2 Å². The molecular weight excluding hydrogens is 537 g/mol. The second kappa shape index (κ2) is 11.4. The van der Waals surface area contributed by atoms with E-state index in [4.69, 9.17) is 28.9 Å². The molecule has 0 bridgehead atoms. The monoisotopic (exact) mass is 571 g/mol. The van der Waals surface area contributed by atoms with Crippen molar-refractivity contribution < 1.29 is 14.7 Å². The van der Waals surface area contributed by atoms with Crippen molar-refractivity contribution in [1.82, 2.24) is 15.1 Å². The molecule has 0 aromatic heterocycles. The second-order valence-electron chi connectivity index (χ2n) is 11.6. The zero-order chi connectivity index (χ0) is 28.5. The van der Waals surface area contributed by atoms with E-state index in [2.05, 4.69) is 11.4 Å². The van der Waals surface area contributed by atoms with Crippen molar-refractivity contribution in [2.75, 3.05) is 26.2 Å². The van der Waals surface area contributed by atoms with Gasteiger partial charge in [-0.25, -0.2) is 0 Å². The Balaban J connectivity index is 2.08. The number of carboxylic acid groups (broad SMARTS) is 1. The van der Waals surface area contributed by atoms with Crippen molar-refractivity contribution in [3.8, 4) is 6.07 Å². The zero-order valence-corrected chi connectivity index (χ0v) is 23.9. The van der Waals surface area contributed by atoms with Gasteiger partial charge in [0.15, 0.2) is 0 Å². The number of benzene rings is 2. The van der Waals surface area contributed by atoms with Crippen molar-refractivity contribution in [2.24, 2.45) is 11.1 Å². The molecular formula is C29H35Cl2N5O3. The van der Waals surface area contributed by atoms with Gasteiger partial charge in [0.2, 0.25) is 5.91 Å². The van der Waals surface area contributed by atoms with Gasteiger partial charge in [0.25, 0.3) is 0 Å². The smallest absolute Gasteiger partial charge is 0.321 e. The van der Waals surface area contributed by atoms with Gasteiger partial charge in [-0.3, -0.25) is 19.4 Å². The number of piperazine rings is 1. The Labute approximate surface area is 239 Å². The molecule has 1 unspecified atom stereocenters. The van der Waals surface area contributed by atoms with Gasteiger partial charge in [0, 0.05) is 48.2 Å². The van der Waals surface area contributed by atoms with Crippen LogP contribution in [-0.2, 0) is 15.0 Å². The molecule has 5 atom stereocenters. The summed E-state index contributed by atoms with van der Waals surface area (Å²) in [6.07, 6.45) is -0.593. The molecule has 2 fully saturated rings. The molecule has 2 aromatic carbocycles. The van der Waals surface area contributed by atoms with Gasteiger partial charge in [0.05, 0.1) is 6.07 Å². The third-order valence-electron chi connectivity index (χ3n) is 7.82. The Morgan fingerprint density at radius 1 is 1.15 bits per heavy atom. The Bertz CT molecular complexity index is 1250. The molecule has 0 aliphatic carbocycles. The normalized spacial score (nSPS) is 27.1. The lowest BCUT2D eigenvalue weighted by Gasteiger charge is -2.45. The first-order valence-electron chi connectivity index (χ1n) is 13.1. The predicted octanol–water partition coefficient (Wildman–Crippen LogP) is 3.83. The number of nitriles is 1. The minimum atomic E-state index is -1.37. The molecule has 0 saturated carbocycles. The van der Waals surface area contributed by atoms with Crippen LogP contribution in [0.1, 0.15) is 44.2 Å². The van der Waals surface area contributed by atoms with E-state index in [1.165, 1.54) is 0 Å². The molecule has 208 valence electrons. The number of nitrogens with two attached hydrogens (primary N) is 1. The number of nitrogens with zero attached hydrogens (tertiary/aromatic N) is 3. The van der Waals surface area contributed by atoms with Crippen LogP contribution < -0.4 is 11.1 Å². The maximum absolute atomic E-state index is 13.3. The lowest BCUT2D eigenvalue weighted by Crippen LogP contribution is -2.64. The van der Waals surface area contributed by atoms with Gasteiger partial charge in [-0.15, -0.1) is 0 Å². The molecule has 0 radical (unpaired) electrons. The average Bonchev–Trinajstić information content (AvgIpc) is 3.14. The molecule has 2 saturated heterocycles. The van der Waals surface area contributed by atoms with Crippen LogP contribution in [0.15, 0.2) is 48.5 Å². The van der Waals surface area contributed by atoms with Gasteiger partial charge in [0.1, 0.15) is 17.6 Å². The third kappa shape index (κ3) is 5.65. The molecule has 39 heavy (non-hydrogen) atoms. The van der Waals surface area contributed by atoms with Crippen LogP contribution in [0.3, 0.4) is 0 Å². The van der Waals surface area contributed by atoms with E-state index < -0.39 is 41.5 Å². The van der Waals surface area contributed by atoms with Crippen molar-refractivity contribution in [3.05, 3.63) is 69.7 Å². The van der Waals surface area contributed by atoms with Crippen molar-refractivity contribution in [2.45, 2.75) is 56.8 Å². The molecule has 4 rings (SSSR count). The fourth-order valence-corrected chi connectivity index (χ4v) is 6.71. The highest BCUT2D eigenvalue weighted by Crippen LogP contribution is 2.56. The summed E-state index contributed by atoms with van der Waals surface area (Å²) in [4.78, 5) is 30.2. The zero-order valence-electron chi connectivity index (χ0n) is 22.4. The van der Waals surface area contributed by atoms with Gasteiger partial charge >= 0.3 is 5.97 Å². The lowest BCUT2D eigenvalue weighted by atomic mass is 9.63. The lowest BCUT2D eigenvalue weighted by molar-refractivity contribution is -0.150. The van der Waals surface area contributed by atoms with Gasteiger partial charge in [-0.05, 0) is 47.2 Å². The quantitative estimate of drug-likeness (QED) is 0.461. The Hall–Kier alpha value is -2.67. The fourth-order valence-electron chi connectivity index (χ4n) is 6.39. The summed E-state index contributed by atoms with van der Waals surface area (Å²) in [5, 5.41) is 26.2. The molecule has 2 heterocycles. The highest BCUT2D eigenvalue weighted by molar-refractivity contribution is 6.30. The van der Waals surface area contributed by atoms with Crippen LogP contribution in [0.4, 0.5) is 0 Å². The summed E-state index contributed by atoms with van der Waals surface area (Å²) >= 11 is 12.7. The number of carboxylic acids is 1. The summed E-state index contributed by atoms with van der Waals surface area (Å²) < 4.78 is 0. The minimum Gasteiger partial charge on any atom is -0.480 e. The van der Waals surface area contributed by atoms with Gasteiger partial charge in [-0.2, -0.15) is 5.26 Å². The van der Waals surface area contributed by atoms with Crippen molar-refractivity contribution in [1.29, 1.82) is 5.26 Å². The fraction of sp³-hybridized carbons (Fsp3) is 0.483. The maximum Gasteiger partial charge on any atom is 0.321 e. The minimum absolute atomic E-state index is 0.324. The van der Waals surface area contributed by atoms with Gasteiger partial charge in [-0.1, -0.05) is 68.2 Å². The number of carbonyl (C=O) groups excluding carboxylic acids is 1. The van der Waals surface area contributed by atoms with Crippen LogP contribution in [0.5, 0.6) is 0 Å². The summed E-state index contributed by atoms with van der Waals surface area (Å²) in [6, 6.07) is 14.6. The first-order valence-corrected chi connectivity index (χ1v) is 13.8. The summed E-state index contributed by atoms with van der Waals surface area (Å²) in [5.41, 5.74) is 5.62. The highest BCUT2D eigenvalue weighted by Gasteiger charge is 2.66. The summed E-state index contributed by atoms with van der Waals surface area (Å²) in [7, 11) is 0. The number of aliphatic carboxylic acids is 1. The number of rotatable bonds is 7.